The molecule has 2 aromatic carbocycles. The van der Waals surface area contributed by atoms with Crippen LogP contribution in [0, 0.1) is 0 Å². The summed E-state index contributed by atoms with van der Waals surface area (Å²) in [6.45, 7) is 2.64. The van der Waals surface area contributed by atoms with E-state index < -0.39 is 23.1 Å². The molecule has 1 fully saturated rings. The topological polar surface area (TPSA) is 49.8 Å². The van der Waals surface area contributed by atoms with Gasteiger partial charge in [-0.15, -0.1) is 0 Å². The van der Waals surface area contributed by atoms with Crippen LogP contribution >= 0.6 is 0 Å². The van der Waals surface area contributed by atoms with Crippen molar-refractivity contribution in [3.63, 3.8) is 0 Å². The van der Waals surface area contributed by atoms with E-state index in [0.29, 0.717) is 25.9 Å². The number of nitrogens with zero attached hydrogens (tertiary/aromatic N) is 1. The molecule has 1 amide bonds. The number of aliphatic hydroxyl groups is 1. The number of aliphatic hydroxyl groups excluding tert-OH is 1. The third-order valence-electron chi connectivity index (χ3n) is 5.45. The molecule has 0 aliphatic carbocycles. The number of hydrogen-bond donors (Lipinski definition) is 1. The monoisotopic (exact) mass is 407 g/mol. The molecule has 0 bridgehead atoms. The Balaban J connectivity index is 1.93. The van der Waals surface area contributed by atoms with Crippen LogP contribution in [0.15, 0.2) is 48.5 Å². The van der Waals surface area contributed by atoms with Gasteiger partial charge in [0.2, 0.25) is 0 Å². The van der Waals surface area contributed by atoms with Crippen molar-refractivity contribution in [3.8, 4) is 5.75 Å². The van der Waals surface area contributed by atoms with Crippen LogP contribution in [-0.4, -0.2) is 42.2 Å². The number of carbonyl (C=O) groups is 1. The summed E-state index contributed by atoms with van der Waals surface area (Å²) in [6.07, 6.45) is -3.44. The number of alkyl halides is 3. The van der Waals surface area contributed by atoms with Crippen molar-refractivity contribution in [1.29, 1.82) is 0 Å². The lowest BCUT2D eigenvalue weighted by Gasteiger charge is -2.29. The van der Waals surface area contributed by atoms with Crippen molar-refractivity contribution in [2.75, 3.05) is 26.3 Å². The van der Waals surface area contributed by atoms with Crippen molar-refractivity contribution in [3.05, 3.63) is 65.2 Å². The van der Waals surface area contributed by atoms with Crippen molar-refractivity contribution in [1.82, 2.24) is 4.90 Å². The second-order valence-electron chi connectivity index (χ2n) is 7.24. The first kappa shape index (κ1) is 21.2. The quantitative estimate of drug-likeness (QED) is 0.778. The highest BCUT2D eigenvalue weighted by atomic mass is 19.4. The Morgan fingerprint density at radius 2 is 1.93 bits per heavy atom. The summed E-state index contributed by atoms with van der Waals surface area (Å²) < 4.78 is 44.9. The molecule has 4 nitrogen and oxygen atoms in total. The third kappa shape index (κ3) is 4.40. The second kappa shape index (κ2) is 8.45. The van der Waals surface area contributed by atoms with Crippen LogP contribution in [0.3, 0.4) is 0 Å². The molecule has 1 aliphatic rings. The molecular formula is C22H24F3NO3. The predicted molar refractivity (Wildman–Crippen MR) is 103 cm³/mol. The summed E-state index contributed by atoms with van der Waals surface area (Å²) in [5.74, 6) is -0.347. The van der Waals surface area contributed by atoms with Crippen LogP contribution in [-0.2, 0) is 11.6 Å². The molecule has 0 spiro atoms. The molecule has 156 valence electrons. The predicted octanol–water partition coefficient (Wildman–Crippen LogP) is 4.27. The van der Waals surface area contributed by atoms with Gasteiger partial charge in [0.15, 0.2) is 0 Å². The number of hydrogen-bond acceptors (Lipinski definition) is 3. The SMILES string of the molecule is CCOc1ccc(C(F)(F)F)cc1C(=O)N1CCC(CCO)(c2ccccc2)C1. The largest absolute Gasteiger partial charge is 0.493 e. The minimum absolute atomic E-state index is 0.0370. The van der Waals surface area contributed by atoms with Crippen molar-refractivity contribution < 1.29 is 27.8 Å². The lowest BCUT2D eigenvalue weighted by molar-refractivity contribution is -0.137. The third-order valence-corrected chi connectivity index (χ3v) is 5.45. The van der Waals surface area contributed by atoms with Crippen LogP contribution in [0.25, 0.3) is 0 Å². The average molecular weight is 407 g/mol. The number of rotatable bonds is 6. The van der Waals surface area contributed by atoms with Gasteiger partial charge in [0.05, 0.1) is 17.7 Å². The molecule has 29 heavy (non-hydrogen) atoms. The fourth-order valence-electron chi connectivity index (χ4n) is 3.96. The van der Waals surface area contributed by atoms with E-state index in [0.717, 1.165) is 17.7 Å². The summed E-state index contributed by atoms with van der Waals surface area (Å²) in [7, 11) is 0. The molecule has 7 heteroatoms. The number of ether oxygens (including phenoxy) is 1. The maximum absolute atomic E-state index is 13.2. The number of carbonyl (C=O) groups excluding carboxylic acids is 1. The van der Waals surface area contributed by atoms with Crippen molar-refractivity contribution in [2.45, 2.75) is 31.4 Å². The van der Waals surface area contributed by atoms with Gasteiger partial charge in [0, 0.05) is 25.1 Å². The molecule has 1 saturated heterocycles. The lowest BCUT2D eigenvalue weighted by atomic mass is 9.77. The van der Waals surface area contributed by atoms with Gasteiger partial charge in [-0.3, -0.25) is 4.79 Å². The van der Waals surface area contributed by atoms with Gasteiger partial charge in [-0.05, 0) is 43.5 Å². The van der Waals surface area contributed by atoms with E-state index in [4.69, 9.17) is 4.74 Å². The lowest BCUT2D eigenvalue weighted by Crippen LogP contribution is -2.35. The Morgan fingerprint density at radius 1 is 1.21 bits per heavy atom. The maximum atomic E-state index is 13.2. The van der Waals surface area contributed by atoms with Gasteiger partial charge in [-0.25, -0.2) is 0 Å². The number of halogens is 3. The van der Waals surface area contributed by atoms with E-state index in [1.165, 1.54) is 6.07 Å². The molecule has 1 unspecified atom stereocenters. The van der Waals surface area contributed by atoms with Gasteiger partial charge in [0.1, 0.15) is 5.75 Å². The summed E-state index contributed by atoms with van der Waals surface area (Å²) in [5.41, 5.74) is -0.375. The minimum atomic E-state index is -4.55. The zero-order valence-electron chi connectivity index (χ0n) is 16.2. The first-order valence-electron chi connectivity index (χ1n) is 9.60. The van der Waals surface area contributed by atoms with Crippen LogP contribution in [0.5, 0.6) is 5.75 Å². The highest BCUT2D eigenvalue weighted by molar-refractivity contribution is 5.97. The zero-order valence-corrected chi connectivity index (χ0v) is 16.2. The van der Waals surface area contributed by atoms with Crippen LogP contribution in [0.4, 0.5) is 13.2 Å². The van der Waals surface area contributed by atoms with Crippen LogP contribution in [0.1, 0.15) is 41.3 Å². The summed E-state index contributed by atoms with van der Waals surface area (Å²) >= 11 is 0. The van der Waals surface area contributed by atoms with Gasteiger partial charge in [-0.2, -0.15) is 13.2 Å². The number of likely N-dealkylation sites (tertiary alicyclic amines) is 1. The Labute approximate surface area is 167 Å². The Kier molecular flexibility index (Phi) is 6.17. The van der Waals surface area contributed by atoms with Crippen molar-refractivity contribution in [2.24, 2.45) is 0 Å². The fourth-order valence-corrected chi connectivity index (χ4v) is 3.96. The van der Waals surface area contributed by atoms with Crippen molar-refractivity contribution >= 4 is 5.91 Å². The van der Waals surface area contributed by atoms with Gasteiger partial charge in [-0.1, -0.05) is 30.3 Å². The summed E-state index contributed by atoms with van der Waals surface area (Å²) in [4.78, 5) is 14.7. The van der Waals surface area contributed by atoms with E-state index in [1.807, 2.05) is 30.3 Å². The summed E-state index contributed by atoms with van der Waals surface area (Å²) in [6, 6.07) is 12.6. The second-order valence-corrected chi connectivity index (χ2v) is 7.24. The molecule has 0 saturated carbocycles. The molecule has 1 aliphatic heterocycles. The Hall–Kier alpha value is -2.54. The molecule has 3 rings (SSSR count). The van der Waals surface area contributed by atoms with Gasteiger partial charge >= 0.3 is 6.18 Å². The Morgan fingerprint density at radius 3 is 2.55 bits per heavy atom. The normalized spacial score (nSPS) is 19.4. The van der Waals surface area contributed by atoms with E-state index in [1.54, 1.807) is 11.8 Å². The first-order valence-corrected chi connectivity index (χ1v) is 9.60. The average Bonchev–Trinajstić information content (AvgIpc) is 3.13. The minimum Gasteiger partial charge on any atom is -0.493 e. The van der Waals surface area contributed by atoms with Gasteiger partial charge < -0.3 is 14.7 Å². The molecule has 0 aromatic heterocycles. The van der Waals surface area contributed by atoms with E-state index in [2.05, 4.69) is 0 Å². The molecule has 1 atom stereocenters. The molecular weight excluding hydrogens is 383 g/mol. The van der Waals surface area contributed by atoms with Gasteiger partial charge in [0.25, 0.3) is 5.91 Å². The zero-order chi connectivity index (χ0) is 21.1. The first-order chi connectivity index (χ1) is 13.8. The Bertz CT molecular complexity index is 854. The highest BCUT2D eigenvalue weighted by Crippen LogP contribution is 2.39. The molecule has 0 radical (unpaired) electrons. The van der Waals surface area contributed by atoms with Crippen LogP contribution < -0.4 is 4.74 Å². The van der Waals surface area contributed by atoms with E-state index in [9.17, 15) is 23.1 Å². The number of benzene rings is 2. The van der Waals surface area contributed by atoms with E-state index >= 15 is 0 Å². The summed E-state index contributed by atoms with van der Waals surface area (Å²) in [5, 5.41) is 9.59. The van der Waals surface area contributed by atoms with Crippen LogP contribution in [0.2, 0.25) is 0 Å². The molecule has 1 heterocycles. The smallest absolute Gasteiger partial charge is 0.416 e. The standard InChI is InChI=1S/C22H24F3NO3/c1-2-29-19-9-8-17(22(23,24)25)14-18(19)20(28)26-12-10-21(15-26,11-13-27)16-6-4-3-5-7-16/h3-9,14,27H,2,10-13,15H2,1H3. The number of amides is 1. The maximum Gasteiger partial charge on any atom is 0.416 e. The highest BCUT2D eigenvalue weighted by Gasteiger charge is 2.42. The molecule has 1 N–H and O–H groups in total. The fraction of sp³-hybridized carbons (Fsp3) is 0.409. The molecule has 2 aromatic rings. The van der Waals surface area contributed by atoms with E-state index in [-0.39, 0.29) is 24.5 Å².